The van der Waals surface area contributed by atoms with E-state index in [1.165, 1.54) is 0 Å². The normalized spacial score (nSPS) is 10.0. The molecule has 0 aliphatic carbocycles. The third kappa shape index (κ3) is 1.85. The van der Waals surface area contributed by atoms with Crippen LogP contribution in [0.2, 0.25) is 0 Å². The predicted molar refractivity (Wildman–Crippen MR) is 43.5 cm³/mol. The summed E-state index contributed by atoms with van der Waals surface area (Å²) in [5.41, 5.74) is 0. The molecule has 1 aromatic heterocycles. The molecule has 0 aliphatic rings. The Balaban J connectivity index is 2.74. The molecular weight excluding hydrogens is 174 g/mol. The van der Waals surface area contributed by atoms with Gasteiger partial charge < -0.3 is 0 Å². The van der Waals surface area contributed by atoms with Gasteiger partial charge in [0.2, 0.25) is 0 Å². The number of thiazole rings is 1. The number of hydrogen-bond acceptors (Lipinski definition) is 3. The minimum absolute atomic E-state index is 0.582. The van der Waals surface area contributed by atoms with Crippen LogP contribution in [0.3, 0.4) is 0 Å². The Hall–Kier alpha value is 0.270. The van der Waals surface area contributed by atoms with Gasteiger partial charge in [0.1, 0.15) is 4.34 Å². The van der Waals surface area contributed by atoms with Crippen molar-refractivity contribution in [3.63, 3.8) is 0 Å². The molecule has 4 heteroatoms. The summed E-state index contributed by atoms with van der Waals surface area (Å²) in [7, 11) is 0. The van der Waals surface area contributed by atoms with Gasteiger partial charge in [-0.2, -0.15) is 0 Å². The highest BCUT2D eigenvalue weighted by Gasteiger charge is 1.96. The van der Waals surface area contributed by atoms with Gasteiger partial charge in [0.15, 0.2) is 0 Å². The van der Waals surface area contributed by atoms with E-state index in [0.717, 1.165) is 9.22 Å². The van der Waals surface area contributed by atoms with Crippen LogP contribution in [0.1, 0.15) is 4.88 Å². The van der Waals surface area contributed by atoms with Crippen molar-refractivity contribution in [3.8, 4) is 0 Å². The minimum Gasteiger partial charge on any atom is -0.238 e. The third-order valence-corrected chi connectivity index (χ3v) is 3.28. The monoisotopic (exact) mass is 179 g/mol. The molecule has 1 rings (SSSR count). The van der Waals surface area contributed by atoms with Crippen molar-refractivity contribution in [2.75, 3.05) is 6.26 Å². The largest absolute Gasteiger partial charge is 0.238 e. The summed E-state index contributed by atoms with van der Waals surface area (Å²) in [4.78, 5) is 5.24. The zero-order valence-corrected chi connectivity index (χ0v) is 7.32. The first kappa shape index (κ1) is 7.38. The third-order valence-electron chi connectivity index (χ3n) is 0.839. The number of thioether (sulfide) groups is 1. The number of aromatic nitrogens is 1. The number of rotatable bonds is 2. The van der Waals surface area contributed by atoms with Gasteiger partial charge in [0.25, 0.3) is 0 Å². The van der Waals surface area contributed by atoms with Crippen molar-refractivity contribution in [1.82, 2.24) is 4.98 Å². The predicted octanol–water partition coefficient (Wildman–Crippen LogP) is 2.60. The van der Waals surface area contributed by atoms with Crippen molar-refractivity contribution >= 4 is 34.7 Å². The highest BCUT2D eigenvalue weighted by atomic mass is 35.5. The molecular formula is C5H6ClNS2. The van der Waals surface area contributed by atoms with Gasteiger partial charge in [0, 0.05) is 11.1 Å². The van der Waals surface area contributed by atoms with Gasteiger partial charge in [0.05, 0.1) is 5.88 Å². The van der Waals surface area contributed by atoms with E-state index in [1.54, 1.807) is 23.1 Å². The molecule has 0 atom stereocenters. The molecule has 0 saturated carbocycles. The molecule has 1 heterocycles. The maximum atomic E-state index is 5.56. The Bertz CT molecular complexity index is 168. The zero-order valence-electron chi connectivity index (χ0n) is 4.93. The summed E-state index contributed by atoms with van der Waals surface area (Å²) in [6.07, 6.45) is 3.83. The first-order chi connectivity index (χ1) is 4.36. The zero-order chi connectivity index (χ0) is 6.69. The van der Waals surface area contributed by atoms with Gasteiger partial charge in [-0.25, -0.2) is 4.98 Å². The number of hydrogen-bond donors (Lipinski definition) is 0. The number of halogens is 1. The SMILES string of the molecule is CSc1ncc(CCl)s1. The lowest BCUT2D eigenvalue weighted by atomic mass is 10.6. The second kappa shape index (κ2) is 3.44. The summed E-state index contributed by atoms with van der Waals surface area (Å²) in [6.45, 7) is 0. The highest BCUT2D eigenvalue weighted by molar-refractivity contribution is 8.00. The van der Waals surface area contributed by atoms with Crippen LogP contribution in [0.25, 0.3) is 0 Å². The van der Waals surface area contributed by atoms with E-state index in [2.05, 4.69) is 4.98 Å². The summed E-state index contributed by atoms with van der Waals surface area (Å²) < 4.78 is 1.09. The van der Waals surface area contributed by atoms with Crippen LogP contribution in [0.5, 0.6) is 0 Å². The van der Waals surface area contributed by atoms with Gasteiger partial charge in [-0.15, -0.1) is 22.9 Å². The number of alkyl halides is 1. The summed E-state index contributed by atoms with van der Waals surface area (Å²) in [5, 5.41) is 0. The van der Waals surface area contributed by atoms with Gasteiger partial charge in [-0.1, -0.05) is 11.8 Å². The Morgan fingerprint density at radius 1 is 1.89 bits per heavy atom. The molecule has 1 aromatic rings. The van der Waals surface area contributed by atoms with Crippen LogP contribution in [0.4, 0.5) is 0 Å². The standard InChI is InChI=1S/C5H6ClNS2/c1-8-5-7-3-4(2-6)9-5/h3H,2H2,1H3. The second-order valence-electron chi connectivity index (χ2n) is 1.43. The maximum absolute atomic E-state index is 5.56. The van der Waals surface area contributed by atoms with Crippen molar-refractivity contribution in [2.45, 2.75) is 10.2 Å². The van der Waals surface area contributed by atoms with E-state index in [9.17, 15) is 0 Å². The molecule has 0 aliphatic heterocycles. The highest BCUT2D eigenvalue weighted by Crippen LogP contribution is 2.22. The van der Waals surface area contributed by atoms with Crippen LogP contribution in [-0.2, 0) is 5.88 Å². The molecule has 0 radical (unpaired) electrons. The van der Waals surface area contributed by atoms with Crippen LogP contribution in [-0.4, -0.2) is 11.2 Å². The Morgan fingerprint density at radius 2 is 2.67 bits per heavy atom. The molecule has 0 amide bonds. The first-order valence-electron chi connectivity index (χ1n) is 2.41. The summed E-state index contributed by atoms with van der Waals surface area (Å²) in [6, 6.07) is 0. The molecule has 0 bridgehead atoms. The first-order valence-corrected chi connectivity index (χ1v) is 4.99. The fraction of sp³-hybridized carbons (Fsp3) is 0.400. The molecule has 0 fully saturated rings. The fourth-order valence-corrected chi connectivity index (χ4v) is 1.98. The number of nitrogens with zero attached hydrogens (tertiary/aromatic N) is 1. The lowest BCUT2D eigenvalue weighted by Gasteiger charge is -1.80. The Morgan fingerprint density at radius 3 is 3.00 bits per heavy atom. The molecule has 0 saturated heterocycles. The molecule has 0 N–H and O–H groups in total. The van der Waals surface area contributed by atoms with E-state index in [4.69, 9.17) is 11.6 Å². The molecule has 9 heavy (non-hydrogen) atoms. The van der Waals surface area contributed by atoms with Crippen molar-refractivity contribution in [3.05, 3.63) is 11.1 Å². The van der Waals surface area contributed by atoms with Crippen molar-refractivity contribution in [2.24, 2.45) is 0 Å². The van der Waals surface area contributed by atoms with E-state index in [1.807, 2.05) is 12.5 Å². The minimum atomic E-state index is 0.582. The Kier molecular flexibility index (Phi) is 2.82. The topological polar surface area (TPSA) is 12.9 Å². The lowest BCUT2D eigenvalue weighted by Crippen LogP contribution is -1.61. The van der Waals surface area contributed by atoms with Gasteiger partial charge >= 0.3 is 0 Å². The molecule has 0 spiro atoms. The van der Waals surface area contributed by atoms with E-state index in [0.29, 0.717) is 5.88 Å². The molecule has 0 aromatic carbocycles. The van der Waals surface area contributed by atoms with E-state index in [-0.39, 0.29) is 0 Å². The van der Waals surface area contributed by atoms with Crippen molar-refractivity contribution < 1.29 is 0 Å². The van der Waals surface area contributed by atoms with E-state index < -0.39 is 0 Å². The van der Waals surface area contributed by atoms with E-state index >= 15 is 0 Å². The second-order valence-corrected chi connectivity index (χ2v) is 3.87. The molecule has 0 unspecified atom stereocenters. The average Bonchev–Trinajstić information content (AvgIpc) is 2.34. The smallest absolute Gasteiger partial charge is 0.149 e. The molecule has 1 nitrogen and oxygen atoms in total. The molecule has 50 valence electrons. The van der Waals surface area contributed by atoms with Crippen LogP contribution in [0, 0.1) is 0 Å². The van der Waals surface area contributed by atoms with Crippen molar-refractivity contribution in [1.29, 1.82) is 0 Å². The quantitative estimate of drug-likeness (QED) is 0.512. The van der Waals surface area contributed by atoms with Crippen LogP contribution in [0.15, 0.2) is 10.5 Å². The fourth-order valence-electron chi connectivity index (χ4n) is 0.446. The van der Waals surface area contributed by atoms with Gasteiger partial charge in [-0.3, -0.25) is 0 Å². The summed E-state index contributed by atoms with van der Waals surface area (Å²) >= 11 is 8.86. The van der Waals surface area contributed by atoms with Gasteiger partial charge in [-0.05, 0) is 6.26 Å². The van der Waals surface area contributed by atoms with Crippen LogP contribution >= 0.6 is 34.7 Å². The Labute approximate surface area is 67.4 Å². The maximum Gasteiger partial charge on any atom is 0.149 e. The lowest BCUT2D eigenvalue weighted by molar-refractivity contribution is 1.24. The summed E-state index contributed by atoms with van der Waals surface area (Å²) in [5.74, 6) is 0.582. The van der Waals surface area contributed by atoms with Crippen LogP contribution < -0.4 is 0 Å². The average molecular weight is 180 g/mol.